The van der Waals surface area contributed by atoms with Crippen molar-refractivity contribution in [2.75, 3.05) is 17.5 Å². The summed E-state index contributed by atoms with van der Waals surface area (Å²) >= 11 is 12.9. The average molecular weight is 635 g/mol. The monoisotopic (exact) mass is 633 g/mol. The second kappa shape index (κ2) is 13.8. The Morgan fingerprint density at radius 3 is 2.12 bits per heavy atom. The lowest BCUT2D eigenvalue weighted by atomic mass is 10.1. The van der Waals surface area contributed by atoms with Crippen LogP contribution in [0.2, 0.25) is 10.0 Å². The van der Waals surface area contributed by atoms with Crippen LogP contribution in [0.25, 0.3) is 0 Å². The van der Waals surface area contributed by atoms with E-state index in [1.165, 1.54) is 17.0 Å². The zero-order chi connectivity index (χ0) is 31.2. The maximum Gasteiger partial charge on any atom is 0.264 e. The van der Waals surface area contributed by atoms with Gasteiger partial charge >= 0.3 is 0 Å². The molecule has 1 atom stereocenters. The Bertz CT molecular complexity index is 1500. The van der Waals surface area contributed by atoms with Gasteiger partial charge in [0.1, 0.15) is 18.3 Å². The second-order valence-electron chi connectivity index (χ2n) is 10.9. The number of carbonyl (C=O) groups is 2. The van der Waals surface area contributed by atoms with E-state index in [2.05, 4.69) is 5.32 Å². The molecule has 0 heterocycles. The Morgan fingerprint density at radius 1 is 0.952 bits per heavy atom. The molecular weight excluding hydrogens is 597 g/mol. The van der Waals surface area contributed by atoms with Crippen LogP contribution in [0.1, 0.15) is 45.7 Å². The van der Waals surface area contributed by atoms with Crippen molar-refractivity contribution in [2.24, 2.45) is 0 Å². The van der Waals surface area contributed by atoms with Crippen molar-refractivity contribution in [3.05, 3.63) is 87.9 Å². The highest BCUT2D eigenvalue weighted by molar-refractivity contribution is 7.92. The Kier molecular flexibility index (Phi) is 10.9. The first-order valence-electron chi connectivity index (χ1n) is 13.5. The van der Waals surface area contributed by atoms with Crippen LogP contribution in [0.15, 0.2) is 71.6 Å². The Morgan fingerprint density at radius 2 is 1.55 bits per heavy atom. The highest BCUT2D eigenvalue weighted by atomic mass is 35.5. The SMILES string of the molecule is CCOc1ccccc1N(CC(=O)N(Cc1c(Cl)cccc1Cl)[C@H](C)C(=O)NC(C)(C)C)S(=O)(=O)c1ccc(C)cc1. The van der Waals surface area contributed by atoms with Crippen LogP contribution < -0.4 is 14.4 Å². The number of para-hydroxylation sites is 2. The predicted octanol–water partition coefficient (Wildman–Crippen LogP) is 6.23. The molecule has 0 aromatic heterocycles. The minimum absolute atomic E-state index is 0.00595. The number of carbonyl (C=O) groups excluding carboxylic acids is 2. The Balaban J connectivity index is 2.13. The lowest BCUT2D eigenvalue weighted by Crippen LogP contribution is -2.54. The molecule has 0 fully saturated rings. The lowest BCUT2D eigenvalue weighted by Gasteiger charge is -2.34. The zero-order valence-electron chi connectivity index (χ0n) is 24.6. The van der Waals surface area contributed by atoms with Gasteiger partial charge < -0.3 is 15.0 Å². The first kappa shape index (κ1) is 33.2. The van der Waals surface area contributed by atoms with Crippen molar-refractivity contribution in [3.8, 4) is 5.75 Å². The Hall–Kier alpha value is -3.27. The van der Waals surface area contributed by atoms with Crippen molar-refractivity contribution in [3.63, 3.8) is 0 Å². The van der Waals surface area contributed by atoms with Gasteiger partial charge in [0.25, 0.3) is 10.0 Å². The summed E-state index contributed by atoms with van der Waals surface area (Å²) in [6, 6.07) is 16.9. The summed E-state index contributed by atoms with van der Waals surface area (Å²) in [6.45, 7) is 10.2. The lowest BCUT2D eigenvalue weighted by molar-refractivity contribution is -0.140. The van der Waals surface area contributed by atoms with Gasteiger partial charge in [0.2, 0.25) is 11.8 Å². The topological polar surface area (TPSA) is 96.0 Å². The fourth-order valence-electron chi connectivity index (χ4n) is 4.20. The molecule has 3 aromatic rings. The van der Waals surface area contributed by atoms with Crippen LogP contribution in [0.5, 0.6) is 5.75 Å². The molecular formula is C31H37Cl2N3O5S. The van der Waals surface area contributed by atoms with Gasteiger partial charge in [-0.1, -0.05) is 59.1 Å². The average Bonchev–Trinajstić information content (AvgIpc) is 2.91. The molecule has 0 saturated carbocycles. The predicted molar refractivity (Wildman–Crippen MR) is 168 cm³/mol. The van der Waals surface area contributed by atoms with Gasteiger partial charge in [0.05, 0.1) is 17.2 Å². The minimum Gasteiger partial charge on any atom is -0.492 e. The molecule has 8 nitrogen and oxygen atoms in total. The molecule has 0 radical (unpaired) electrons. The van der Waals surface area contributed by atoms with Crippen molar-refractivity contribution in [1.29, 1.82) is 0 Å². The van der Waals surface area contributed by atoms with Crippen LogP contribution in [-0.2, 0) is 26.2 Å². The van der Waals surface area contributed by atoms with E-state index in [0.29, 0.717) is 21.4 Å². The van der Waals surface area contributed by atoms with Crippen LogP contribution in [0.3, 0.4) is 0 Å². The molecule has 3 aromatic carbocycles. The highest BCUT2D eigenvalue weighted by Crippen LogP contribution is 2.33. The van der Waals surface area contributed by atoms with Crippen molar-refractivity contribution >= 4 is 50.7 Å². The van der Waals surface area contributed by atoms with E-state index < -0.39 is 40.0 Å². The van der Waals surface area contributed by atoms with Gasteiger partial charge in [-0.2, -0.15) is 0 Å². The number of sulfonamides is 1. The fraction of sp³-hybridized carbons (Fsp3) is 0.355. The molecule has 0 spiro atoms. The number of halogens is 2. The smallest absolute Gasteiger partial charge is 0.264 e. The quantitative estimate of drug-likeness (QED) is 0.270. The maximum absolute atomic E-state index is 14.2. The molecule has 2 amide bonds. The summed E-state index contributed by atoms with van der Waals surface area (Å²) in [5, 5.41) is 3.52. The molecule has 0 saturated heterocycles. The molecule has 1 N–H and O–H groups in total. The third-order valence-electron chi connectivity index (χ3n) is 6.38. The van der Waals surface area contributed by atoms with Crippen LogP contribution in [0.4, 0.5) is 5.69 Å². The molecule has 0 unspecified atom stereocenters. The fourth-order valence-corrected chi connectivity index (χ4v) is 6.14. The number of anilines is 1. The van der Waals surface area contributed by atoms with E-state index in [-0.39, 0.29) is 23.7 Å². The highest BCUT2D eigenvalue weighted by Gasteiger charge is 2.35. The molecule has 0 aliphatic rings. The van der Waals surface area contributed by atoms with E-state index in [4.69, 9.17) is 27.9 Å². The van der Waals surface area contributed by atoms with Gasteiger partial charge in [-0.3, -0.25) is 13.9 Å². The summed E-state index contributed by atoms with van der Waals surface area (Å²) in [5.74, 6) is -0.756. The van der Waals surface area contributed by atoms with Crippen LogP contribution in [0, 0.1) is 6.92 Å². The maximum atomic E-state index is 14.2. The standard InChI is InChI=1S/C31H37Cl2N3O5S/c1-7-41-28-14-9-8-13-27(28)36(42(39,40)23-17-15-21(2)16-18-23)20-29(37)35(22(3)30(38)34-31(4,5)6)19-24-25(32)11-10-12-26(24)33/h8-18,22H,7,19-20H2,1-6H3,(H,34,38)/t22-/m1/s1. The van der Waals surface area contributed by atoms with Gasteiger partial charge in [-0.25, -0.2) is 8.42 Å². The first-order valence-corrected chi connectivity index (χ1v) is 15.7. The molecule has 42 heavy (non-hydrogen) atoms. The number of nitrogens with one attached hydrogen (secondary N) is 1. The summed E-state index contributed by atoms with van der Waals surface area (Å²) in [6.07, 6.45) is 0. The Labute approximate surface area is 258 Å². The normalized spacial score (nSPS) is 12.4. The number of amides is 2. The number of hydrogen-bond donors (Lipinski definition) is 1. The van der Waals surface area contributed by atoms with Crippen molar-refractivity contribution in [2.45, 2.75) is 64.6 Å². The molecule has 3 rings (SSSR count). The number of aryl methyl sites for hydroxylation is 1. The van der Waals surface area contributed by atoms with Gasteiger partial charge in [-0.05, 0) is 77.9 Å². The van der Waals surface area contributed by atoms with Crippen molar-refractivity contribution in [1.82, 2.24) is 10.2 Å². The van der Waals surface area contributed by atoms with Gasteiger partial charge in [0.15, 0.2) is 0 Å². The minimum atomic E-state index is -4.25. The van der Waals surface area contributed by atoms with E-state index in [9.17, 15) is 18.0 Å². The summed E-state index contributed by atoms with van der Waals surface area (Å²) in [5.41, 5.74) is 0.940. The number of ether oxygens (including phenoxy) is 1. The van der Waals surface area contributed by atoms with E-state index in [0.717, 1.165) is 9.87 Å². The second-order valence-corrected chi connectivity index (χ2v) is 13.5. The molecule has 0 bridgehead atoms. The van der Waals surface area contributed by atoms with E-state index >= 15 is 0 Å². The van der Waals surface area contributed by atoms with Gasteiger partial charge in [-0.15, -0.1) is 0 Å². The summed E-state index contributed by atoms with van der Waals surface area (Å²) in [7, 11) is -4.25. The largest absolute Gasteiger partial charge is 0.492 e. The number of hydrogen-bond acceptors (Lipinski definition) is 5. The number of nitrogens with zero attached hydrogens (tertiary/aromatic N) is 2. The summed E-state index contributed by atoms with van der Waals surface area (Å²) in [4.78, 5) is 28.8. The summed E-state index contributed by atoms with van der Waals surface area (Å²) < 4.78 is 35.0. The number of benzene rings is 3. The van der Waals surface area contributed by atoms with E-state index in [1.807, 2.05) is 27.7 Å². The molecule has 226 valence electrons. The van der Waals surface area contributed by atoms with E-state index in [1.54, 1.807) is 68.4 Å². The zero-order valence-corrected chi connectivity index (χ0v) is 27.0. The first-order chi connectivity index (χ1) is 19.7. The third-order valence-corrected chi connectivity index (χ3v) is 8.86. The van der Waals surface area contributed by atoms with Crippen LogP contribution in [-0.4, -0.2) is 49.9 Å². The molecule has 11 heteroatoms. The molecule has 0 aliphatic heterocycles. The molecule has 0 aliphatic carbocycles. The van der Waals surface area contributed by atoms with Crippen LogP contribution >= 0.6 is 23.2 Å². The number of rotatable bonds is 11. The van der Waals surface area contributed by atoms with Crippen molar-refractivity contribution < 1.29 is 22.7 Å². The third kappa shape index (κ3) is 8.18. The van der Waals surface area contributed by atoms with Gasteiger partial charge in [0, 0.05) is 27.7 Å².